The van der Waals surface area contributed by atoms with Gasteiger partial charge in [-0.3, -0.25) is 0 Å². The summed E-state index contributed by atoms with van der Waals surface area (Å²) in [5.41, 5.74) is 0.934. The van der Waals surface area contributed by atoms with Crippen molar-refractivity contribution in [3.8, 4) is 0 Å². The third kappa shape index (κ3) is 8.94. The second-order valence-electron chi connectivity index (χ2n) is 10.4. The first-order chi connectivity index (χ1) is 11.0. The largest absolute Gasteiger partial charge is 0.349 e. The zero-order valence-corrected chi connectivity index (χ0v) is 18.1. The molecule has 140 valence electrons. The molecule has 0 radical (unpaired) electrons. The standard InChI is InChI=1S/C20H44B2N2/c1-7-23(21)11-8-17(2)14-19(3,4)16-20(5,6)15-18-9-12-24(22)13-10-18/h17-18H,7-16,21-22H2,1-6H3. The van der Waals surface area contributed by atoms with E-state index in [1.807, 2.05) is 0 Å². The Kier molecular flexibility index (Phi) is 8.90. The van der Waals surface area contributed by atoms with Gasteiger partial charge < -0.3 is 9.62 Å². The van der Waals surface area contributed by atoms with E-state index >= 15 is 0 Å². The maximum Gasteiger partial charge on any atom is 0.185 e. The third-order valence-electron chi connectivity index (χ3n) is 6.08. The van der Waals surface area contributed by atoms with E-state index in [4.69, 9.17) is 0 Å². The Morgan fingerprint density at radius 3 is 2.25 bits per heavy atom. The highest BCUT2D eigenvalue weighted by atomic mass is 15.0. The molecule has 1 aliphatic rings. The minimum atomic E-state index is 0.458. The van der Waals surface area contributed by atoms with Gasteiger partial charge in [0.15, 0.2) is 16.0 Å². The van der Waals surface area contributed by atoms with Gasteiger partial charge in [0.2, 0.25) is 0 Å². The summed E-state index contributed by atoms with van der Waals surface area (Å²) in [4.78, 5) is 4.93. The lowest BCUT2D eigenvalue weighted by Gasteiger charge is -2.40. The zero-order valence-electron chi connectivity index (χ0n) is 18.1. The summed E-state index contributed by atoms with van der Waals surface area (Å²) in [7, 11) is 4.50. The minimum Gasteiger partial charge on any atom is -0.349 e. The van der Waals surface area contributed by atoms with Crippen molar-refractivity contribution in [1.29, 1.82) is 0 Å². The normalized spacial score (nSPS) is 19.8. The van der Waals surface area contributed by atoms with Crippen LogP contribution in [0.4, 0.5) is 0 Å². The second-order valence-corrected chi connectivity index (χ2v) is 10.4. The Hall–Kier alpha value is 0.0499. The molecule has 1 atom stereocenters. The summed E-state index contributed by atoms with van der Waals surface area (Å²) in [5.74, 6) is 1.77. The molecule has 1 aliphatic heterocycles. The first-order valence-corrected chi connectivity index (χ1v) is 10.4. The van der Waals surface area contributed by atoms with E-state index in [2.05, 4.69) is 67.1 Å². The van der Waals surface area contributed by atoms with Crippen LogP contribution in [0.15, 0.2) is 0 Å². The van der Waals surface area contributed by atoms with Crippen molar-refractivity contribution in [3.05, 3.63) is 0 Å². The molecule has 1 saturated heterocycles. The van der Waals surface area contributed by atoms with E-state index in [1.165, 1.54) is 64.7 Å². The van der Waals surface area contributed by atoms with E-state index in [1.54, 1.807) is 0 Å². The van der Waals surface area contributed by atoms with E-state index < -0.39 is 0 Å². The van der Waals surface area contributed by atoms with E-state index in [0.29, 0.717) is 10.8 Å². The highest BCUT2D eigenvalue weighted by Gasteiger charge is 2.32. The van der Waals surface area contributed by atoms with Crippen LogP contribution in [0.1, 0.15) is 80.1 Å². The maximum absolute atomic E-state index is 2.52. The van der Waals surface area contributed by atoms with Gasteiger partial charge >= 0.3 is 0 Å². The van der Waals surface area contributed by atoms with Crippen LogP contribution in [0.2, 0.25) is 0 Å². The van der Waals surface area contributed by atoms with Gasteiger partial charge in [-0.05, 0) is 87.4 Å². The van der Waals surface area contributed by atoms with Gasteiger partial charge in [-0.15, -0.1) is 0 Å². The molecule has 2 nitrogen and oxygen atoms in total. The predicted molar refractivity (Wildman–Crippen MR) is 114 cm³/mol. The lowest BCUT2D eigenvalue weighted by Crippen LogP contribution is -2.34. The molecule has 0 aliphatic carbocycles. The highest BCUT2D eigenvalue weighted by molar-refractivity contribution is 6.04. The summed E-state index contributed by atoms with van der Waals surface area (Å²) in [6.45, 7) is 19.7. The minimum absolute atomic E-state index is 0.458. The van der Waals surface area contributed by atoms with Gasteiger partial charge in [0.25, 0.3) is 0 Å². The fraction of sp³-hybridized carbons (Fsp3) is 1.00. The van der Waals surface area contributed by atoms with Crippen LogP contribution >= 0.6 is 0 Å². The van der Waals surface area contributed by atoms with Crippen LogP contribution in [0.25, 0.3) is 0 Å². The lowest BCUT2D eigenvalue weighted by atomic mass is 9.67. The molecule has 0 aromatic rings. The highest BCUT2D eigenvalue weighted by Crippen LogP contribution is 2.43. The van der Waals surface area contributed by atoms with Crippen molar-refractivity contribution in [2.45, 2.75) is 80.1 Å². The summed E-state index contributed by atoms with van der Waals surface area (Å²) in [6, 6.07) is 0. The molecule has 0 aromatic heterocycles. The number of piperidine rings is 1. The Bertz CT molecular complexity index is 350. The summed E-state index contributed by atoms with van der Waals surface area (Å²) in [6.07, 6.45) is 8.28. The summed E-state index contributed by atoms with van der Waals surface area (Å²) < 4.78 is 0. The Balaban J connectivity index is 2.42. The quantitative estimate of drug-likeness (QED) is 0.565. The van der Waals surface area contributed by atoms with E-state index in [-0.39, 0.29) is 0 Å². The molecule has 0 bridgehead atoms. The van der Waals surface area contributed by atoms with Crippen LogP contribution in [-0.2, 0) is 0 Å². The van der Waals surface area contributed by atoms with Crippen LogP contribution in [0.3, 0.4) is 0 Å². The predicted octanol–water partition coefficient (Wildman–Crippen LogP) is 3.37. The SMILES string of the molecule is BN(CC)CCC(C)CC(C)(C)CC(C)(C)CC1CCN(B)CC1. The van der Waals surface area contributed by atoms with Gasteiger partial charge in [0.05, 0.1) is 0 Å². The van der Waals surface area contributed by atoms with Gasteiger partial charge in [-0.25, -0.2) is 0 Å². The zero-order chi connectivity index (χ0) is 18.4. The van der Waals surface area contributed by atoms with Gasteiger partial charge in [0, 0.05) is 0 Å². The molecule has 0 amide bonds. The van der Waals surface area contributed by atoms with E-state index in [9.17, 15) is 0 Å². The number of nitrogens with zero attached hydrogens (tertiary/aromatic N) is 2. The molecular weight excluding hydrogens is 290 g/mol. The molecule has 0 saturated carbocycles. The molecule has 0 spiro atoms. The third-order valence-corrected chi connectivity index (χ3v) is 6.08. The number of rotatable bonds is 10. The smallest absolute Gasteiger partial charge is 0.185 e. The average molecular weight is 334 g/mol. The average Bonchev–Trinajstić information content (AvgIpc) is 2.45. The van der Waals surface area contributed by atoms with Crippen molar-refractivity contribution in [3.63, 3.8) is 0 Å². The summed E-state index contributed by atoms with van der Waals surface area (Å²) >= 11 is 0. The molecule has 1 heterocycles. The first kappa shape index (κ1) is 22.1. The molecule has 1 rings (SSSR count). The molecule has 0 aromatic carbocycles. The molecule has 24 heavy (non-hydrogen) atoms. The Labute approximate surface area is 155 Å². The molecule has 1 fully saturated rings. The monoisotopic (exact) mass is 334 g/mol. The molecule has 1 unspecified atom stereocenters. The Morgan fingerprint density at radius 1 is 1.12 bits per heavy atom. The molecular formula is C20H44B2N2. The van der Waals surface area contributed by atoms with Crippen molar-refractivity contribution in [2.24, 2.45) is 22.7 Å². The lowest BCUT2D eigenvalue weighted by molar-refractivity contribution is 0.117. The van der Waals surface area contributed by atoms with Crippen LogP contribution in [0.5, 0.6) is 0 Å². The topological polar surface area (TPSA) is 6.48 Å². The summed E-state index contributed by atoms with van der Waals surface area (Å²) in [5, 5.41) is 0. The molecule has 4 heteroatoms. The van der Waals surface area contributed by atoms with Crippen molar-refractivity contribution in [1.82, 2.24) is 9.62 Å². The number of hydrogen-bond donors (Lipinski definition) is 0. The fourth-order valence-corrected chi connectivity index (χ4v) is 5.13. The van der Waals surface area contributed by atoms with Crippen LogP contribution in [-0.4, -0.2) is 51.8 Å². The first-order valence-electron chi connectivity index (χ1n) is 10.4. The Morgan fingerprint density at radius 2 is 1.71 bits per heavy atom. The van der Waals surface area contributed by atoms with E-state index in [0.717, 1.165) is 11.8 Å². The van der Waals surface area contributed by atoms with Crippen molar-refractivity contribution < 1.29 is 0 Å². The van der Waals surface area contributed by atoms with Crippen LogP contribution < -0.4 is 0 Å². The maximum atomic E-state index is 2.52. The van der Waals surface area contributed by atoms with Gasteiger partial charge in [0.1, 0.15) is 0 Å². The van der Waals surface area contributed by atoms with Gasteiger partial charge in [-0.2, -0.15) is 0 Å². The van der Waals surface area contributed by atoms with Gasteiger partial charge in [-0.1, -0.05) is 41.5 Å². The second kappa shape index (κ2) is 9.67. The van der Waals surface area contributed by atoms with Crippen molar-refractivity contribution >= 4 is 16.0 Å². The number of hydrogen-bond acceptors (Lipinski definition) is 2. The van der Waals surface area contributed by atoms with Crippen LogP contribution in [0, 0.1) is 22.7 Å². The fourth-order valence-electron chi connectivity index (χ4n) is 5.13. The molecule has 0 N–H and O–H groups in total. The van der Waals surface area contributed by atoms with Crippen molar-refractivity contribution in [2.75, 3.05) is 26.2 Å².